The molecule has 0 fully saturated rings. The first kappa shape index (κ1) is 15.8. The highest BCUT2D eigenvalue weighted by molar-refractivity contribution is 9.11. The Morgan fingerprint density at radius 3 is 1.83 bits per heavy atom. The number of hydrogen-bond acceptors (Lipinski definition) is 4. The molecule has 0 radical (unpaired) electrons. The van der Waals surface area contributed by atoms with Crippen LogP contribution in [0.25, 0.3) is 29.3 Å². The van der Waals surface area contributed by atoms with E-state index in [9.17, 15) is 0 Å². The monoisotopic (exact) mass is 436 g/mol. The van der Waals surface area contributed by atoms with Crippen LogP contribution in [0.3, 0.4) is 0 Å². The molecule has 0 aliphatic heterocycles. The summed E-state index contributed by atoms with van der Waals surface area (Å²) in [5.74, 6) is 0. The summed E-state index contributed by atoms with van der Waals surface area (Å²) < 4.78 is 1.20. The maximum Gasteiger partial charge on any atom is 0.0708 e. The number of hydrogen-bond donors (Lipinski definition) is 0. The molecular formula is C18H13BrS4. The molecule has 0 spiro atoms. The maximum atomic E-state index is 3.59. The summed E-state index contributed by atoms with van der Waals surface area (Å²) in [7, 11) is 0. The Balaban J connectivity index is 1.69. The van der Waals surface area contributed by atoms with Gasteiger partial charge in [-0.15, -0.1) is 45.3 Å². The number of rotatable bonds is 3. The fourth-order valence-electron chi connectivity index (χ4n) is 2.50. The van der Waals surface area contributed by atoms with Crippen molar-refractivity contribution >= 4 is 61.3 Å². The van der Waals surface area contributed by atoms with Crippen molar-refractivity contribution in [1.82, 2.24) is 0 Å². The van der Waals surface area contributed by atoms with E-state index in [1.54, 1.807) is 0 Å². The number of aryl methyl sites for hydroxylation is 2. The molecule has 0 saturated carbocycles. The average Bonchev–Trinajstić information content (AvgIpc) is 3.25. The van der Waals surface area contributed by atoms with Crippen molar-refractivity contribution in [3.05, 3.63) is 56.7 Å². The first-order valence-electron chi connectivity index (χ1n) is 7.12. The van der Waals surface area contributed by atoms with Crippen LogP contribution < -0.4 is 0 Å². The first-order valence-corrected chi connectivity index (χ1v) is 11.2. The van der Waals surface area contributed by atoms with Crippen molar-refractivity contribution in [2.24, 2.45) is 0 Å². The van der Waals surface area contributed by atoms with E-state index in [0.717, 1.165) is 0 Å². The highest BCUT2D eigenvalue weighted by atomic mass is 79.9. The van der Waals surface area contributed by atoms with E-state index < -0.39 is 0 Å². The van der Waals surface area contributed by atoms with E-state index in [0.29, 0.717) is 0 Å². The van der Waals surface area contributed by atoms with Crippen LogP contribution in [0.1, 0.15) is 11.1 Å². The van der Waals surface area contributed by atoms with Crippen molar-refractivity contribution in [2.45, 2.75) is 13.8 Å². The van der Waals surface area contributed by atoms with Crippen LogP contribution >= 0.6 is 61.3 Å². The Morgan fingerprint density at radius 2 is 1.30 bits per heavy atom. The van der Waals surface area contributed by atoms with Gasteiger partial charge in [0.25, 0.3) is 0 Å². The lowest BCUT2D eigenvalue weighted by Crippen LogP contribution is -1.66. The largest absolute Gasteiger partial charge is 0.143 e. The second-order valence-corrected chi connectivity index (χ2v) is 10.8. The molecule has 4 aromatic rings. The Kier molecular flexibility index (Phi) is 4.32. The van der Waals surface area contributed by atoms with Crippen LogP contribution in [-0.4, -0.2) is 0 Å². The summed E-state index contributed by atoms with van der Waals surface area (Å²) in [5.41, 5.74) is 2.71. The summed E-state index contributed by atoms with van der Waals surface area (Å²) >= 11 is 11.0. The second-order valence-electron chi connectivity index (χ2n) is 5.32. The van der Waals surface area contributed by atoms with Gasteiger partial charge in [-0.25, -0.2) is 0 Å². The number of thiophene rings is 4. The Bertz CT molecular complexity index is 967. The lowest BCUT2D eigenvalue weighted by Gasteiger charge is -1.95. The second kappa shape index (κ2) is 6.30. The maximum absolute atomic E-state index is 3.59. The van der Waals surface area contributed by atoms with Crippen molar-refractivity contribution in [3.8, 4) is 29.3 Å². The summed E-state index contributed by atoms with van der Waals surface area (Å²) in [4.78, 5) is 8.22. The van der Waals surface area contributed by atoms with Gasteiger partial charge in [0, 0.05) is 29.3 Å². The van der Waals surface area contributed by atoms with E-state index >= 15 is 0 Å². The number of halogens is 1. The third-order valence-electron chi connectivity index (χ3n) is 3.65. The molecule has 0 aromatic carbocycles. The molecule has 0 aliphatic carbocycles. The van der Waals surface area contributed by atoms with E-state index in [2.05, 4.69) is 71.6 Å². The van der Waals surface area contributed by atoms with Crippen LogP contribution in [0.4, 0.5) is 0 Å². The predicted molar refractivity (Wildman–Crippen MR) is 111 cm³/mol. The van der Waals surface area contributed by atoms with Gasteiger partial charge in [-0.3, -0.25) is 0 Å². The minimum Gasteiger partial charge on any atom is -0.143 e. The SMILES string of the molecule is Cc1ccsc1-c1ccc(-c2ccc(-c3sc(Br)cc3C)s2)s1. The van der Waals surface area contributed by atoms with E-state index in [4.69, 9.17) is 0 Å². The van der Waals surface area contributed by atoms with Gasteiger partial charge in [0.2, 0.25) is 0 Å². The van der Waals surface area contributed by atoms with Gasteiger partial charge in [0.1, 0.15) is 0 Å². The zero-order chi connectivity index (χ0) is 16.0. The van der Waals surface area contributed by atoms with Crippen LogP contribution in [-0.2, 0) is 0 Å². The fourth-order valence-corrected chi connectivity index (χ4v) is 7.62. The van der Waals surface area contributed by atoms with Gasteiger partial charge >= 0.3 is 0 Å². The summed E-state index contributed by atoms with van der Waals surface area (Å²) in [6, 6.07) is 13.4. The zero-order valence-electron chi connectivity index (χ0n) is 12.6. The van der Waals surface area contributed by atoms with Crippen molar-refractivity contribution in [2.75, 3.05) is 0 Å². The molecule has 0 bridgehead atoms. The lowest BCUT2D eigenvalue weighted by atomic mass is 10.2. The van der Waals surface area contributed by atoms with E-state index in [1.165, 1.54) is 44.2 Å². The van der Waals surface area contributed by atoms with Crippen LogP contribution in [0.2, 0.25) is 0 Å². The molecule has 0 nitrogen and oxygen atoms in total. The minimum absolute atomic E-state index is 1.20. The standard InChI is InChI=1S/C18H13BrS4/c1-10-7-8-20-17(10)14-5-3-12(21-14)13-4-6-15(22-13)18-11(2)9-16(19)23-18/h3-9H,1-2H3. The summed E-state index contributed by atoms with van der Waals surface area (Å²) in [6.45, 7) is 4.37. The molecule has 0 aliphatic rings. The van der Waals surface area contributed by atoms with Crippen molar-refractivity contribution < 1.29 is 0 Å². The molecule has 0 saturated heterocycles. The average molecular weight is 437 g/mol. The molecule has 4 heterocycles. The Morgan fingerprint density at radius 1 is 0.696 bits per heavy atom. The van der Waals surface area contributed by atoms with Gasteiger partial charge in [-0.05, 0) is 82.7 Å². The molecular weight excluding hydrogens is 424 g/mol. The van der Waals surface area contributed by atoms with Crippen molar-refractivity contribution in [3.63, 3.8) is 0 Å². The molecule has 0 N–H and O–H groups in total. The molecule has 0 unspecified atom stereocenters. The van der Waals surface area contributed by atoms with E-state index in [-0.39, 0.29) is 0 Å². The fraction of sp³-hybridized carbons (Fsp3) is 0.111. The van der Waals surface area contributed by atoms with Crippen LogP contribution in [0.5, 0.6) is 0 Å². The third-order valence-corrected chi connectivity index (χ3v) is 9.14. The summed E-state index contributed by atoms with van der Waals surface area (Å²) in [5, 5.41) is 2.17. The highest BCUT2D eigenvalue weighted by Gasteiger charge is 2.13. The lowest BCUT2D eigenvalue weighted by molar-refractivity contribution is 1.55. The van der Waals surface area contributed by atoms with Crippen LogP contribution in [0.15, 0.2) is 45.6 Å². The van der Waals surface area contributed by atoms with Gasteiger partial charge in [0.05, 0.1) is 3.79 Å². The Hall–Kier alpha value is -0.720. The molecule has 116 valence electrons. The molecule has 5 heteroatoms. The van der Waals surface area contributed by atoms with Crippen molar-refractivity contribution in [1.29, 1.82) is 0 Å². The zero-order valence-corrected chi connectivity index (χ0v) is 17.4. The molecule has 0 atom stereocenters. The van der Waals surface area contributed by atoms with E-state index in [1.807, 2.05) is 45.3 Å². The quantitative estimate of drug-likeness (QED) is 0.302. The topological polar surface area (TPSA) is 0 Å². The van der Waals surface area contributed by atoms with Gasteiger partial charge < -0.3 is 0 Å². The molecule has 4 aromatic heterocycles. The minimum atomic E-state index is 1.20. The van der Waals surface area contributed by atoms with Crippen LogP contribution in [0, 0.1) is 13.8 Å². The first-order chi connectivity index (χ1) is 11.1. The predicted octanol–water partition coefficient (Wildman–Crippen LogP) is 8.31. The van der Waals surface area contributed by atoms with Gasteiger partial charge in [-0.1, -0.05) is 0 Å². The Labute approximate surface area is 160 Å². The molecule has 4 rings (SSSR count). The summed E-state index contributed by atoms with van der Waals surface area (Å²) in [6.07, 6.45) is 0. The molecule has 0 amide bonds. The van der Waals surface area contributed by atoms with Gasteiger partial charge in [-0.2, -0.15) is 0 Å². The van der Waals surface area contributed by atoms with Gasteiger partial charge in [0.15, 0.2) is 0 Å². The molecule has 23 heavy (non-hydrogen) atoms. The highest BCUT2D eigenvalue weighted by Crippen LogP contribution is 2.44. The third kappa shape index (κ3) is 3.01. The normalized spacial score (nSPS) is 11.3. The smallest absolute Gasteiger partial charge is 0.0708 e.